The molecule has 1 aliphatic rings. The van der Waals surface area contributed by atoms with Gasteiger partial charge in [-0.1, -0.05) is 24.8 Å². The predicted octanol–water partition coefficient (Wildman–Crippen LogP) is 7.50. The van der Waals surface area contributed by atoms with Gasteiger partial charge in [0.15, 0.2) is 5.82 Å². The van der Waals surface area contributed by atoms with Crippen LogP contribution in [-0.2, 0) is 6.54 Å². The summed E-state index contributed by atoms with van der Waals surface area (Å²) in [4.78, 5) is 23.6. The van der Waals surface area contributed by atoms with Crippen LogP contribution in [0.15, 0.2) is 67.2 Å². The molecular formula is C34H36F3N7O. The molecule has 0 saturated carbocycles. The zero-order valence-corrected chi connectivity index (χ0v) is 25.7. The van der Waals surface area contributed by atoms with Crippen molar-refractivity contribution in [1.82, 2.24) is 20.6 Å². The Morgan fingerprint density at radius 1 is 1.00 bits per heavy atom. The molecule has 0 radical (unpaired) electrons. The van der Waals surface area contributed by atoms with Crippen molar-refractivity contribution in [2.75, 3.05) is 28.6 Å². The first-order valence-electron chi connectivity index (χ1n) is 14.7. The number of hydrogen-bond donors (Lipinski definition) is 4. The van der Waals surface area contributed by atoms with Gasteiger partial charge in [0.05, 0.1) is 12.2 Å². The quantitative estimate of drug-likeness (QED) is 0.138. The van der Waals surface area contributed by atoms with E-state index in [9.17, 15) is 9.18 Å². The molecule has 3 aromatic carbocycles. The van der Waals surface area contributed by atoms with E-state index in [1.54, 1.807) is 12.1 Å². The number of urea groups is 1. The van der Waals surface area contributed by atoms with Crippen LogP contribution < -0.4 is 26.2 Å². The number of para-hydroxylation sites is 1. The van der Waals surface area contributed by atoms with Crippen LogP contribution in [0.4, 0.5) is 41.1 Å². The Morgan fingerprint density at radius 3 is 2.40 bits per heavy atom. The largest absolute Gasteiger partial charge is 0.356 e. The second-order valence-corrected chi connectivity index (χ2v) is 11.9. The number of aryl methyl sites for hydroxylation is 1. The highest BCUT2D eigenvalue weighted by molar-refractivity contribution is 6.02. The van der Waals surface area contributed by atoms with Crippen LogP contribution in [0.1, 0.15) is 43.9 Å². The first kappa shape index (κ1) is 31.5. The molecule has 0 atom stereocenters. The lowest BCUT2D eigenvalue weighted by Crippen LogP contribution is -2.43. The zero-order chi connectivity index (χ0) is 32.3. The van der Waals surface area contributed by atoms with Crippen molar-refractivity contribution in [3.63, 3.8) is 0 Å². The summed E-state index contributed by atoms with van der Waals surface area (Å²) < 4.78 is 43.5. The standard InChI is InChI=1S/C34H36F3N7O/c1-20-10-11-22(21(2)41-24-14-12-23(35)13-15-24)18-25(20)29-26-19-39-33(45)44(30-27(36)8-6-9-28(30)37)31(26)43-32(42-29)38-16-7-17-40-34(3,4)5/h6,8-15,18,40-41H,2,7,16-17,19H2,1,3-5H3,(H,39,45)(H,38,42,43). The number of fused-ring (bicyclic) bond motifs is 1. The second kappa shape index (κ2) is 13.0. The normalized spacial score (nSPS) is 12.9. The number of halogens is 3. The Bertz CT molecular complexity index is 1720. The lowest BCUT2D eigenvalue weighted by atomic mass is 9.97. The number of aromatic nitrogens is 2. The van der Waals surface area contributed by atoms with Crippen LogP contribution in [0.5, 0.6) is 0 Å². The minimum Gasteiger partial charge on any atom is -0.356 e. The molecule has 4 N–H and O–H groups in total. The third kappa shape index (κ3) is 7.26. The van der Waals surface area contributed by atoms with Crippen molar-refractivity contribution in [3.8, 4) is 11.3 Å². The maximum atomic E-state index is 15.1. The average Bonchev–Trinajstić information content (AvgIpc) is 2.98. The van der Waals surface area contributed by atoms with Crippen molar-refractivity contribution in [3.05, 3.63) is 101 Å². The van der Waals surface area contributed by atoms with Gasteiger partial charge in [0.1, 0.15) is 23.1 Å². The Balaban J connectivity index is 1.57. The maximum absolute atomic E-state index is 15.1. The predicted molar refractivity (Wildman–Crippen MR) is 173 cm³/mol. The molecule has 8 nitrogen and oxygen atoms in total. The minimum atomic E-state index is -0.901. The van der Waals surface area contributed by atoms with E-state index in [1.165, 1.54) is 18.2 Å². The fourth-order valence-electron chi connectivity index (χ4n) is 4.97. The lowest BCUT2D eigenvalue weighted by molar-refractivity contribution is 0.246. The van der Waals surface area contributed by atoms with E-state index in [2.05, 4.69) is 53.6 Å². The van der Waals surface area contributed by atoms with Crippen LogP contribution in [0.25, 0.3) is 17.0 Å². The van der Waals surface area contributed by atoms with Gasteiger partial charge in [-0.3, -0.25) is 0 Å². The number of rotatable bonds is 10. The van der Waals surface area contributed by atoms with Gasteiger partial charge in [0.25, 0.3) is 0 Å². The zero-order valence-electron chi connectivity index (χ0n) is 25.7. The van der Waals surface area contributed by atoms with Gasteiger partial charge in [0.2, 0.25) is 5.95 Å². The van der Waals surface area contributed by atoms with E-state index >= 15 is 8.78 Å². The highest BCUT2D eigenvalue weighted by Gasteiger charge is 2.34. The third-order valence-electron chi connectivity index (χ3n) is 7.25. The molecule has 0 unspecified atom stereocenters. The molecular weight excluding hydrogens is 579 g/mol. The van der Waals surface area contributed by atoms with Crippen LogP contribution in [0.2, 0.25) is 0 Å². The van der Waals surface area contributed by atoms with E-state index in [-0.39, 0.29) is 29.7 Å². The van der Waals surface area contributed by atoms with Crippen molar-refractivity contribution in [1.29, 1.82) is 0 Å². The number of amides is 2. The monoisotopic (exact) mass is 615 g/mol. The number of anilines is 4. The average molecular weight is 616 g/mol. The van der Waals surface area contributed by atoms with Crippen molar-refractivity contribution in [2.45, 2.75) is 46.2 Å². The molecule has 234 valence electrons. The summed E-state index contributed by atoms with van der Waals surface area (Å²) in [6, 6.07) is 14.4. The maximum Gasteiger partial charge on any atom is 0.328 e. The Morgan fingerprint density at radius 2 is 1.71 bits per heavy atom. The van der Waals surface area contributed by atoms with Crippen molar-refractivity contribution < 1.29 is 18.0 Å². The smallest absolute Gasteiger partial charge is 0.328 e. The molecule has 0 aliphatic carbocycles. The number of nitrogens with zero attached hydrogens (tertiary/aromatic N) is 3. The Hall–Kier alpha value is -4.90. The van der Waals surface area contributed by atoms with Crippen molar-refractivity contribution in [2.24, 2.45) is 0 Å². The van der Waals surface area contributed by atoms with E-state index in [4.69, 9.17) is 4.98 Å². The van der Waals surface area contributed by atoms with E-state index in [1.807, 2.05) is 25.1 Å². The summed E-state index contributed by atoms with van der Waals surface area (Å²) in [5.41, 5.74) is 3.99. The summed E-state index contributed by atoms with van der Waals surface area (Å²) in [6.45, 7) is 13.6. The van der Waals surface area contributed by atoms with Gasteiger partial charge in [-0.05, 0) is 94.3 Å². The molecule has 0 fully saturated rings. The lowest BCUT2D eigenvalue weighted by Gasteiger charge is -2.31. The SMILES string of the molecule is C=C(Nc1ccc(F)cc1)c1ccc(C)c(-c2nc(NCCCNC(C)(C)C)nc3c2CNC(=O)N3c2c(F)cccc2F)c1. The Kier molecular flexibility index (Phi) is 9.10. The first-order chi connectivity index (χ1) is 21.4. The van der Waals surface area contributed by atoms with Crippen LogP contribution in [0, 0.1) is 24.4 Å². The fraction of sp³-hybridized carbons (Fsp3) is 0.265. The van der Waals surface area contributed by atoms with Gasteiger partial charge in [0, 0.05) is 34.6 Å². The summed E-state index contributed by atoms with van der Waals surface area (Å²) >= 11 is 0. The Labute approximate surface area is 260 Å². The van der Waals surface area contributed by atoms with Gasteiger partial charge in [-0.15, -0.1) is 0 Å². The molecule has 11 heteroatoms. The topological polar surface area (TPSA) is 94.2 Å². The summed E-state index contributed by atoms with van der Waals surface area (Å²) in [5.74, 6) is -1.85. The number of benzene rings is 3. The highest BCUT2D eigenvalue weighted by Crippen LogP contribution is 2.39. The van der Waals surface area contributed by atoms with Crippen LogP contribution in [-0.4, -0.2) is 34.6 Å². The van der Waals surface area contributed by atoms with Crippen molar-refractivity contribution >= 4 is 34.9 Å². The molecule has 0 spiro atoms. The van der Waals surface area contributed by atoms with Gasteiger partial charge in [-0.2, -0.15) is 4.98 Å². The fourth-order valence-corrected chi connectivity index (χ4v) is 4.97. The van der Waals surface area contributed by atoms with E-state index in [0.29, 0.717) is 29.2 Å². The summed E-state index contributed by atoms with van der Waals surface area (Å²) in [5, 5.41) is 12.6. The number of carbonyl (C=O) groups excluding carboxylic acids is 1. The van der Waals surface area contributed by atoms with E-state index < -0.39 is 23.4 Å². The van der Waals surface area contributed by atoms with Crippen LogP contribution in [0.3, 0.4) is 0 Å². The van der Waals surface area contributed by atoms with Gasteiger partial charge >= 0.3 is 6.03 Å². The molecule has 2 amide bonds. The molecule has 0 bridgehead atoms. The minimum absolute atomic E-state index is 0.0364. The molecule has 0 saturated heterocycles. The molecule has 1 aromatic heterocycles. The number of hydrogen-bond acceptors (Lipinski definition) is 6. The summed E-state index contributed by atoms with van der Waals surface area (Å²) in [7, 11) is 0. The molecule has 2 heterocycles. The molecule has 5 rings (SSSR count). The highest BCUT2D eigenvalue weighted by atomic mass is 19.1. The number of nitrogens with one attached hydrogen (secondary N) is 4. The molecule has 4 aromatic rings. The summed E-state index contributed by atoms with van der Waals surface area (Å²) in [6.07, 6.45) is 0.753. The third-order valence-corrected chi connectivity index (χ3v) is 7.25. The van der Waals surface area contributed by atoms with Crippen LogP contribution >= 0.6 is 0 Å². The number of carbonyl (C=O) groups is 1. The van der Waals surface area contributed by atoms with Gasteiger partial charge in [-0.25, -0.2) is 27.8 Å². The second-order valence-electron chi connectivity index (χ2n) is 11.9. The first-order valence-corrected chi connectivity index (χ1v) is 14.7. The molecule has 1 aliphatic heterocycles. The molecule has 45 heavy (non-hydrogen) atoms. The van der Waals surface area contributed by atoms with Gasteiger partial charge < -0.3 is 21.3 Å². The van der Waals surface area contributed by atoms with E-state index in [0.717, 1.165) is 46.7 Å².